The molecule has 7 nitrogen and oxygen atoms in total. The number of imidazole rings is 1. The van der Waals surface area contributed by atoms with Gasteiger partial charge in [0.15, 0.2) is 11.5 Å². The van der Waals surface area contributed by atoms with Crippen LogP contribution in [0.4, 0.5) is 5.82 Å². The van der Waals surface area contributed by atoms with Gasteiger partial charge in [0.25, 0.3) is 0 Å². The van der Waals surface area contributed by atoms with Gasteiger partial charge in [0, 0.05) is 38.8 Å². The maximum Gasteiger partial charge on any atom is 0.181 e. The number of fused-ring (bicyclic) bond motifs is 1. The monoisotopic (exact) mass is 353 g/mol. The Kier molecular flexibility index (Phi) is 4.81. The summed E-state index contributed by atoms with van der Waals surface area (Å²) in [6.45, 7) is 5.83. The Labute approximate surface area is 152 Å². The van der Waals surface area contributed by atoms with Gasteiger partial charge in [-0.3, -0.25) is 9.38 Å². The highest BCUT2D eigenvalue weighted by Gasteiger charge is 2.20. The van der Waals surface area contributed by atoms with Gasteiger partial charge in [-0.25, -0.2) is 9.97 Å². The molecule has 4 rings (SSSR count). The lowest BCUT2D eigenvalue weighted by atomic mass is 10.1. The third-order valence-electron chi connectivity index (χ3n) is 4.67. The van der Waals surface area contributed by atoms with E-state index in [1.807, 2.05) is 25.5 Å². The van der Waals surface area contributed by atoms with E-state index >= 15 is 0 Å². The van der Waals surface area contributed by atoms with Gasteiger partial charge >= 0.3 is 0 Å². The van der Waals surface area contributed by atoms with E-state index in [1.54, 1.807) is 7.11 Å². The Bertz CT molecular complexity index is 885. The van der Waals surface area contributed by atoms with E-state index in [2.05, 4.69) is 31.4 Å². The van der Waals surface area contributed by atoms with Crippen LogP contribution in [0.1, 0.15) is 11.3 Å². The molecule has 1 fully saturated rings. The summed E-state index contributed by atoms with van der Waals surface area (Å²) in [5.41, 5.74) is 4.90. The summed E-state index contributed by atoms with van der Waals surface area (Å²) in [7, 11) is 1.71. The Balaban J connectivity index is 1.72. The summed E-state index contributed by atoms with van der Waals surface area (Å²) in [5.74, 6) is 0.905. The molecule has 0 radical (unpaired) electrons. The number of anilines is 1. The van der Waals surface area contributed by atoms with Gasteiger partial charge in [-0.15, -0.1) is 0 Å². The lowest BCUT2D eigenvalue weighted by molar-refractivity contribution is 0.122. The first-order valence-electron chi connectivity index (χ1n) is 8.88. The highest BCUT2D eigenvalue weighted by atomic mass is 16.5. The molecule has 7 heteroatoms. The van der Waals surface area contributed by atoms with Crippen molar-refractivity contribution in [2.45, 2.75) is 13.3 Å². The quantitative estimate of drug-likeness (QED) is 0.700. The smallest absolute Gasteiger partial charge is 0.181 e. The fourth-order valence-corrected chi connectivity index (χ4v) is 3.32. The van der Waals surface area contributed by atoms with Crippen molar-refractivity contribution in [2.75, 3.05) is 44.9 Å². The molecule has 1 saturated heterocycles. The molecular weight excluding hydrogens is 330 g/mol. The fourth-order valence-electron chi connectivity index (χ4n) is 3.32. The van der Waals surface area contributed by atoms with Crippen LogP contribution in [0.25, 0.3) is 17.0 Å². The summed E-state index contributed by atoms with van der Waals surface area (Å²) in [5, 5.41) is 0. The molecule has 0 bridgehead atoms. The van der Waals surface area contributed by atoms with E-state index in [0.29, 0.717) is 6.61 Å². The van der Waals surface area contributed by atoms with E-state index in [9.17, 15) is 0 Å². The minimum Gasteiger partial charge on any atom is -0.384 e. The van der Waals surface area contributed by atoms with Gasteiger partial charge in [0.2, 0.25) is 0 Å². The van der Waals surface area contributed by atoms with Gasteiger partial charge in [-0.2, -0.15) is 0 Å². The van der Waals surface area contributed by atoms with E-state index in [4.69, 9.17) is 14.5 Å². The van der Waals surface area contributed by atoms with Crippen molar-refractivity contribution < 1.29 is 9.47 Å². The Hall–Kier alpha value is -2.51. The lowest BCUT2D eigenvalue weighted by Gasteiger charge is -2.27. The molecule has 0 aromatic carbocycles. The number of rotatable bonds is 5. The second-order valence-corrected chi connectivity index (χ2v) is 6.38. The molecule has 1 aliphatic heterocycles. The van der Waals surface area contributed by atoms with Crippen molar-refractivity contribution in [1.29, 1.82) is 0 Å². The molecule has 0 saturated carbocycles. The molecular formula is C19H23N5O2. The number of nitrogens with zero attached hydrogens (tertiary/aromatic N) is 5. The summed E-state index contributed by atoms with van der Waals surface area (Å²) in [6.07, 6.45) is 6.56. The highest BCUT2D eigenvalue weighted by Crippen LogP contribution is 2.27. The van der Waals surface area contributed by atoms with E-state index in [0.717, 1.165) is 66.8 Å². The van der Waals surface area contributed by atoms with Gasteiger partial charge < -0.3 is 14.4 Å². The number of ether oxygens (including phenoxy) is 2. The second kappa shape index (κ2) is 7.39. The lowest BCUT2D eigenvalue weighted by Crippen LogP contribution is -2.37. The molecule has 3 aromatic heterocycles. The molecule has 0 atom stereocenters. The number of aryl methyl sites for hydroxylation is 1. The maximum atomic E-state index is 5.46. The van der Waals surface area contributed by atoms with E-state index in [-0.39, 0.29) is 0 Å². The Morgan fingerprint density at radius 1 is 1.19 bits per heavy atom. The minimum atomic E-state index is 0.699. The van der Waals surface area contributed by atoms with Crippen molar-refractivity contribution in [1.82, 2.24) is 19.4 Å². The second-order valence-electron chi connectivity index (χ2n) is 6.38. The average Bonchev–Trinajstić information content (AvgIpc) is 3.03. The highest BCUT2D eigenvalue weighted by molar-refractivity contribution is 5.72. The van der Waals surface area contributed by atoms with Crippen molar-refractivity contribution in [2.24, 2.45) is 0 Å². The van der Waals surface area contributed by atoms with Crippen LogP contribution in [0, 0.1) is 6.92 Å². The van der Waals surface area contributed by atoms with Crippen molar-refractivity contribution in [3.8, 4) is 11.4 Å². The zero-order valence-electron chi connectivity index (χ0n) is 15.2. The first kappa shape index (κ1) is 16.9. The zero-order valence-corrected chi connectivity index (χ0v) is 15.2. The normalized spacial score (nSPS) is 14.9. The number of hydrogen-bond acceptors (Lipinski definition) is 6. The summed E-state index contributed by atoms with van der Waals surface area (Å²) < 4.78 is 12.7. The molecule has 0 aliphatic carbocycles. The number of methoxy groups -OCH3 is 1. The van der Waals surface area contributed by atoms with Gasteiger partial charge in [-0.05, 0) is 25.0 Å². The van der Waals surface area contributed by atoms with Crippen LogP contribution in [0.2, 0.25) is 0 Å². The minimum absolute atomic E-state index is 0.699. The van der Waals surface area contributed by atoms with Crippen LogP contribution in [0.3, 0.4) is 0 Å². The van der Waals surface area contributed by atoms with Crippen molar-refractivity contribution >= 4 is 11.5 Å². The first-order chi connectivity index (χ1) is 12.8. The van der Waals surface area contributed by atoms with Crippen LogP contribution in [-0.2, 0) is 15.9 Å². The molecule has 0 spiro atoms. The van der Waals surface area contributed by atoms with Crippen LogP contribution in [0.15, 0.2) is 30.7 Å². The molecule has 0 amide bonds. The third kappa shape index (κ3) is 3.15. The zero-order chi connectivity index (χ0) is 17.9. The van der Waals surface area contributed by atoms with E-state index < -0.39 is 0 Å². The Morgan fingerprint density at radius 2 is 2.04 bits per heavy atom. The number of morpholine rings is 1. The SMILES string of the molecule is COCCc1ccc(-c2c(C)nc3c(N4CCOCC4)nccn23)nc1. The third-order valence-corrected chi connectivity index (χ3v) is 4.67. The van der Waals surface area contributed by atoms with Crippen LogP contribution in [-0.4, -0.2) is 59.4 Å². The molecule has 4 heterocycles. The number of hydrogen-bond donors (Lipinski definition) is 0. The Morgan fingerprint density at radius 3 is 2.77 bits per heavy atom. The van der Waals surface area contributed by atoms with Crippen LogP contribution in [0.5, 0.6) is 0 Å². The largest absolute Gasteiger partial charge is 0.384 e. The fraction of sp³-hybridized carbons (Fsp3) is 0.421. The van der Waals surface area contributed by atoms with Crippen LogP contribution < -0.4 is 4.90 Å². The standard InChI is InChI=1S/C19H23N5O2/c1-14-17(16-4-3-15(13-21-16)5-10-25-2)24-7-6-20-18(19(24)22-14)23-8-11-26-12-9-23/h3-4,6-7,13H,5,8-12H2,1-2H3. The molecule has 136 valence electrons. The number of pyridine rings is 1. The van der Waals surface area contributed by atoms with E-state index in [1.165, 1.54) is 0 Å². The summed E-state index contributed by atoms with van der Waals surface area (Å²) in [6, 6.07) is 4.15. The number of aromatic nitrogens is 4. The molecule has 3 aromatic rings. The summed E-state index contributed by atoms with van der Waals surface area (Å²) >= 11 is 0. The molecule has 1 aliphatic rings. The van der Waals surface area contributed by atoms with Crippen LogP contribution >= 0.6 is 0 Å². The van der Waals surface area contributed by atoms with Crippen molar-refractivity contribution in [3.05, 3.63) is 42.0 Å². The van der Waals surface area contributed by atoms with Gasteiger partial charge in [0.05, 0.1) is 36.9 Å². The summed E-state index contributed by atoms with van der Waals surface area (Å²) in [4.78, 5) is 16.3. The van der Waals surface area contributed by atoms with Gasteiger partial charge in [-0.1, -0.05) is 6.07 Å². The molecule has 0 unspecified atom stereocenters. The predicted octanol–water partition coefficient (Wildman–Crippen LogP) is 2.13. The predicted molar refractivity (Wildman–Crippen MR) is 99.6 cm³/mol. The van der Waals surface area contributed by atoms with Crippen molar-refractivity contribution in [3.63, 3.8) is 0 Å². The first-order valence-corrected chi connectivity index (χ1v) is 8.88. The molecule has 26 heavy (non-hydrogen) atoms. The molecule has 0 N–H and O–H groups in total. The topological polar surface area (TPSA) is 64.8 Å². The average molecular weight is 353 g/mol. The van der Waals surface area contributed by atoms with Gasteiger partial charge in [0.1, 0.15) is 0 Å². The maximum absolute atomic E-state index is 5.46.